The van der Waals surface area contributed by atoms with Gasteiger partial charge in [0.05, 0.1) is 12.6 Å². The van der Waals surface area contributed by atoms with Crippen LogP contribution in [0, 0.1) is 6.92 Å². The summed E-state index contributed by atoms with van der Waals surface area (Å²) in [4.78, 5) is 15.5. The lowest BCUT2D eigenvalue weighted by atomic mass is 10.1. The molecule has 1 amide bonds. The van der Waals surface area contributed by atoms with Crippen molar-refractivity contribution < 1.29 is 9.90 Å². The second kappa shape index (κ2) is 7.32. The van der Waals surface area contributed by atoms with E-state index >= 15 is 0 Å². The first-order valence-electron chi connectivity index (χ1n) is 8.19. The van der Waals surface area contributed by atoms with Gasteiger partial charge in [-0.15, -0.1) is 0 Å². The predicted octanol–water partition coefficient (Wildman–Crippen LogP) is 3.26. The minimum atomic E-state index is -0.357. The first-order valence-corrected chi connectivity index (χ1v) is 8.19. The zero-order valence-corrected chi connectivity index (χ0v) is 13.8. The second-order valence-corrected chi connectivity index (χ2v) is 6.08. The number of carbonyl (C=O) groups is 1. The van der Waals surface area contributed by atoms with Crippen LogP contribution in [0.1, 0.15) is 29.2 Å². The molecule has 4 nitrogen and oxygen atoms in total. The number of rotatable bonds is 6. The van der Waals surface area contributed by atoms with Crippen molar-refractivity contribution in [2.24, 2.45) is 0 Å². The molecule has 3 N–H and O–H groups in total. The quantitative estimate of drug-likeness (QED) is 0.652. The third-order valence-corrected chi connectivity index (χ3v) is 4.26. The number of fused-ring (bicyclic) bond motifs is 1. The van der Waals surface area contributed by atoms with Gasteiger partial charge in [0.1, 0.15) is 0 Å². The van der Waals surface area contributed by atoms with Crippen LogP contribution in [0.5, 0.6) is 0 Å². The summed E-state index contributed by atoms with van der Waals surface area (Å²) < 4.78 is 0. The van der Waals surface area contributed by atoms with Gasteiger partial charge in [-0.3, -0.25) is 4.79 Å². The highest BCUT2D eigenvalue weighted by molar-refractivity contribution is 5.85. The summed E-state index contributed by atoms with van der Waals surface area (Å²) in [6.45, 7) is 1.96. The molecule has 0 aliphatic carbocycles. The Bertz CT molecular complexity index is 824. The van der Waals surface area contributed by atoms with E-state index in [0.717, 1.165) is 16.6 Å². The molecule has 1 atom stereocenters. The van der Waals surface area contributed by atoms with Crippen molar-refractivity contribution in [2.45, 2.75) is 25.8 Å². The van der Waals surface area contributed by atoms with E-state index in [0.29, 0.717) is 12.8 Å². The number of hydrogen-bond acceptors (Lipinski definition) is 2. The average Bonchev–Trinajstić information content (AvgIpc) is 3.00. The molecule has 0 fully saturated rings. The van der Waals surface area contributed by atoms with Crippen molar-refractivity contribution in [1.29, 1.82) is 0 Å². The Labute approximate surface area is 141 Å². The fourth-order valence-corrected chi connectivity index (χ4v) is 2.93. The minimum Gasteiger partial charge on any atom is -0.394 e. The molecule has 4 heteroatoms. The smallest absolute Gasteiger partial charge is 0.220 e. The van der Waals surface area contributed by atoms with Crippen molar-refractivity contribution in [2.75, 3.05) is 6.61 Å². The molecule has 3 aromatic rings. The van der Waals surface area contributed by atoms with Gasteiger partial charge in [0.2, 0.25) is 5.91 Å². The largest absolute Gasteiger partial charge is 0.394 e. The molecular formula is C20H22N2O2. The van der Waals surface area contributed by atoms with Crippen LogP contribution < -0.4 is 5.32 Å². The monoisotopic (exact) mass is 322 g/mol. The number of benzene rings is 2. The van der Waals surface area contributed by atoms with E-state index in [2.05, 4.69) is 35.4 Å². The number of aromatic nitrogens is 1. The van der Waals surface area contributed by atoms with Gasteiger partial charge in [-0.2, -0.15) is 0 Å². The van der Waals surface area contributed by atoms with Gasteiger partial charge in [0.25, 0.3) is 0 Å². The minimum absolute atomic E-state index is 0.0556. The van der Waals surface area contributed by atoms with E-state index < -0.39 is 0 Å². The molecule has 0 aliphatic heterocycles. The van der Waals surface area contributed by atoms with Crippen LogP contribution in [0.2, 0.25) is 0 Å². The lowest BCUT2D eigenvalue weighted by molar-refractivity contribution is -0.122. The van der Waals surface area contributed by atoms with Crippen molar-refractivity contribution in [3.8, 4) is 0 Å². The van der Waals surface area contributed by atoms with Gasteiger partial charge in [-0.05, 0) is 36.6 Å². The van der Waals surface area contributed by atoms with E-state index in [9.17, 15) is 9.90 Å². The van der Waals surface area contributed by atoms with Gasteiger partial charge in [-0.25, -0.2) is 0 Å². The molecule has 0 aliphatic rings. The molecule has 3 rings (SSSR count). The Balaban J connectivity index is 1.63. The number of aromatic amines is 1. The number of nitrogens with one attached hydrogen (secondary N) is 2. The Morgan fingerprint density at radius 2 is 2.00 bits per heavy atom. The number of carbonyl (C=O) groups excluding carboxylic acids is 1. The Morgan fingerprint density at radius 1 is 1.21 bits per heavy atom. The average molecular weight is 322 g/mol. The maximum atomic E-state index is 12.3. The maximum Gasteiger partial charge on any atom is 0.220 e. The van der Waals surface area contributed by atoms with Gasteiger partial charge >= 0.3 is 0 Å². The molecule has 1 aromatic heterocycles. The lowest BCUT2D eigenvalue weighted by Crippen LogP contribution is -2.30. The fraction of sp³-hybridized carbons (Fsp3) is 0.250. The first-order chi connectivity index (χ1) is 11.7. The van der Waals surface area contributed by atoms with E-state index in [1.54, 1.807) is 0 Å². The number of amides is 1. The standard InChI is InChI=1S/C20H22N2O2/c1-14-7-9-18-17(11-14)16(12-21-18)8-10-20(24)22-19(13-23)15-5-3-2-4-6-15/h2-7,9,11-12,19,21,23H,8,10,13H2,1H3,(H,22,24)/t19-/m1/s1. The summed E-state index contributed by atoms with van der Waals surface area (Å²) in [7, 11) is 0. The van der Waals surface area contributed by atoms with E-state index in [1.165, 1.54) is 10.9 Å². The number of hydrogen-bond donors (Lipinski definition) is 3. The predicted molar refractivity (Wildman–Crippen MR) is 95.8 cm³/mol. The van der Waals surface area contributed by atoms with Crippen molar-refractivity contribution in [3.05, 3.63) is 71.4 Å². The summed E-state index contributed by atoms with van der Waals surface area (Å²) in [6, 6.07) is 15.4. The topological polar surface area (TPSA) is 65.1 Å². The molecule has 124 valence electrons. The molecule has 0 saturated carbocycles. The highest BCUT2D eigenvalue weighted by Crippen LogP contribution is 2.21. The van der Waals surface area contributed by atoms with E-state index in [-0.39, 0.29) is 18.6 Å². The molecular weight excluding hydrogens is 300 g/mol. The summed E-state index contributed by atoms with van der Waals surface area (Å²) in [5.74, 6) is -0.0556. The van der Waals surface area contributed by atoms with Crippen LogP contribution in [-0.2, 0) is 11.2 Å². The normalized spacial score (nSPS) is 12.2. The Hall–Kier alpha value is -2.59. The van der Waals surface area contributed by atoms with Crippen LogP contribution in [0.25, 0.3) is 10.9 Å². The van der Waals surface area contributed by atoms with Crippen LogP contribution in [0.4, 0.5) is 0 Å². The van der Waals surface area contributed by atoms with Gasteiger partial charge < -0.3 is 15.4 Å². The van der Waals surface area contributed by atoms with Crippen LogP contribution in [0.3, 0.4) is 0 Å². The zero-order valence-electron chi connectivity index (χ0n) is 13.8. The van der Waals surface area contributed by atoms with Gasteiger partial charge in [0, 0.05) is 23.5 Å². The Kier molecular flexibility index (Phi) is 4.96. The highest BCUT2D eigenvalue weighted by Gasteiger charge is 2.14. The summed E-state index contributed by atoms with van der Waals surface area (Å²) >= 11 is 0. The van der Waals surface area contributed by atoms with Crippen molar-refractivity contribution in [1.82, 2.24) is 10.3 Å². The molecule has 24 heavy (non-hydrogen) atoms. The lowest BCUT2D eigenvalue weighted by Gasteiger charge is -2.16. The van der Waals surface area contributed by atoms with Gasteiger partial charge in [-0.1, -0.05) is 42.0 Å². The molecule has 0 saturated heterocycles. The summed E-state index contributed by atoms with van der Waals surface area (Å²) in [5, 5.41) is 13.6. The number of H-pyrrole nitrogens is 1. The molecule has 2 aromatic carbocycles. The van der Waals surface area contributed by atoms with Crippen LogP contribution in [-0.4, -0.2) is 22.6 Å². The number of aliphatic hydroxyl groups is 1. The SMILES string of the molecule is Cc1ccc2[nH]cc(CCC(=O)N[C@H](CO)c3ccccc3)c2c1. The number of aliphatic hydroxyl groups excluding tert-OH is 1. The Morgan fingerprint density at radius 3 is 2.75 bits per heavy atom. The third kappa shape index (κ3) is 3.66. The molecule has 1 heterocycles. The maximum absolute atomic E-state index is 12.3. The molecule has 0 unspecified atom stereocenters. The van der Waals surface area contributed by atoms with E-state index in [1.807, 2.05) is 36.5 Å². The molecule has 0 bridgehead atoms. The first kappa shape index (κ1) is 16.3. The number of aryl methyl sites for hydroxylation is 2. The van der Waals surface area contributed by atoms with Crippen molar-refractivity contribution in [3.63, 3.8) is 0 Å². The fourth-order valence-electron chi connectivity index (χ4n) is 2.93. The van der Waals surface area contributed by atoms with Gasteiger partial charge in [0.15, 0.2) is 0 Å². The molecule has 0 spiro atoms. The van der Waals surface area contributed by atoms with E-state index in [4.69, 9.17) is 0 Å². The third-order valence-electron chi connectivity index (χ3n) is 4.26. The zero-order chi connectivity index (χ0) is 16.9. The van der Waals surface area contributed by atoms with Crippen LogP contribution in [0.15, 0.2) is 54.7 Å². The molecule has 0 radical (unpaired) electrons. The van der Waals surface area contributed by atoms with Crippen molar-refractivity contribution >= 4 is 16.8 Å². The highest BCUT2D eigenvalue weighted by atomic mass is 16.3. The van der Waals surface area contributed by atoms with Crippen LogP contribution >= 0.6 is 0 Å². The second-order valence-electron chi connectivity index (χ2n) is 6.08. The summed E-state index contributed by atoms with van der Waals surface area (Å²) in [5.41, 5.74) is 4.35. The summed E-state index contributed by atoms with van der Waals surface area (Å²) in [6.07, 6.45) is 3.03.